The molecule has 0 unspecified atom stereocenters. The maximum atomic E-state index is 6.09. The highest BCUT2D eigenvalue weighted by Gasteiger charge is 2.03. The average Bonchev–Trinajstić information content (AvgIpc) is 2.30. The van der Waals surface area contributed by atoms with Crippen molar-refractivity contribution in [1.82, 2.24) is 9.97 Å². The monoisotopic (exact) mass is 233 g/mol. The van der Waals surface area contributed by atoms with Gasteiger partial charge in [-0.05, 0) is 24.6 Å². The zero-order valence-corrected chi connectivity index (χ0v) is 9.70. The van der Waals surface area contributed by atoms with Gasteiger partial charge in [-0.3, -0.25) is 0 Å². The van der Waals surface area contributed by atoms with Gasteiger partial charge in [-0.15, -0.1) is 0 Å². The molecule has 1 aromatic heterocycles. The molecule has 1 aromatic carbocycles. The second kappa shape index (κ2) is 4.94. The van der Waals surface area contributed by atoms with Gasteiger partial charge >= 0.3 is 0 Å². The Balaban J connectivity index is 2.11. The Bertz CT molecular complexity index is 451. The van der Waals surface area contributed by atoms with Gasteiger partial charge in [-0.25, -0.2) is 9.97 Å². The zero-order chi connectivity index (χ0) is 11.4. The minimum absolute atomic E-state index is 0.575. The van der Waals surface area contributed by atoms with E-state index in [9.17, 15) is 0 Å². The van der Waals surface area contributed by atoms with Crippen molar-refractivity contribution in [3.05, 3.63) is 53.1 Å². The van der Waals surface area contributed by atoms with Gasteiger partial charge in [-0.2, -0.15) is 0 Å². The van der Waals surface area contributed by atoms with Gasteiger partial charge in [-0.1, -0.05) is 23.7 Å². The number of aryl methyl sites for hydroxylation is 1. The molecule has 0 bridgehead atoms. The van der Waals surface area contributed by atoms with Gasteiger partial charge in [0, 0.05) is 12.4 Å². The van der Waals surface area contributed by atoms with Crippen molar-refractivity contribution in [2.75, 3.05) is 5.32 Å². The van der Waals surface area contributed by atoms with Crippen LogP contribution < -0.4 is 5.32 Å². The van der Waals surface area contributed by atoms with Gasteiger partial charge in [0.15, 0.2) is 0 Å². The number of benzene rings is 1. The third-order valence-corrected chi connectivity index (χ3v) is 2.58. The molecule has 0 aliphatic carbocycles. The summed E-state index contributed by atoms with van der Waals surface area (Å²) >= 11 is 6.09. The molecule has 0 saturated heterocycles. The Morgan fingerprint density at radius 2 is 1.94 bits per heavy atom. The summed E-state index contributed by atoms with van der Waals surface area (Å²) in [6, 6.07) is 7.61. The van der Waals surface area contributed by atoms with Crippen LogP contribution in [-0.2, 0) is 6.54 Å². The van der Waals surface area contributed by atoms with E-state index in [4.69, 9.17) is 11.6 Å². The van der Waals surface area contributed by atoms with Crippen molar-refractivity contribution in [3.63, 3.8) is 0 Å². The zero-order valence-electron chi connectivity index (χ0n) is 8.94. The van der Waals surface area contributed by atoms with Crippen molar-refractivity contribution in [1.29, 1.82) is 0 Å². The number of anilines is 1. The van der Waals surface area contributed by atoms with Crippen LogP contribution in [0.3, 0.4) is 0 Å². The third kappa shape index (κ3) is 2.49. The number of hydrogen-bond donors (Lipinski definition) is 1. The lowest BCUT2D eigenvalue weighted by molar-refractivity contribution is 0.947. The summed E-state index contributed by atoms with van der Waals surface area (Å²) in [6.07, 6.45) is 3.45. The number of halogens is 1. The Morgan fingerprint density at radius 1 is 1.19 bits per heavy atom. The van der Waals surface area contributed by atoms with Crippen molar-refractivity contribution in [2.24, 2.45) is 0 Å². The fourth-order valence-electron chi connectivity index (χ4n) is 1.44. The summed E-state index contributed by atoms with van der Waals surface area (Å²) in [5.74, 6) is 0.752. The molecule has 1 N–H and O–H groups in total. The molecule has 3 nitrogen and oxygen atoms in total. The standard InChI is InChI=1S/C12H12ClN3/c1-9-4-2-5-10(13)12(9)16-8-11-14-6-3-7-15-11/h2-7,16H,8H2,1H3. The SMILES string of the molecule is Cc1cccc(Cl)c1NCc1ncccn1. The van der Waals surface area contributed by atoms with E-state index >= 15 is 0 Å². The summed E-state index contributed by atoms with van der Waals surface area (Å²) in [5.41, 5.74) is 2.06. The predicted octanol–water partition coefficient (Wildman–Crippen LogP) is 3.05. The molecule has 2 aromatic rings. The summed E-state index contributed by atoms with van der Waals surface area (Å²) in [7, 11) is 0. The van der Waals surface area contributed by atoms with Gasteiger partial charge in [0.25, 0.3) is 0 Å². The van der Waals surface area contributed by atoms with Crippen LogP contribution in [0.5, 0.6) is 0 Å². The lowest BCUT2D eigenvalue weighted by atomic mass is 10.2. The predicted molar refractivity (Wildman–Crippen MR) is 65.5 cm³/mol. The fourth-order valence-corrected chi connectivity index (χ4v) is 1.73. The van der Waals surface area contributed by atoms with Crippen LogP contribution in [0.15, 0.2) is 36.7 Å². The van der Waals surface area contributed by atoms with Crippen molar-refractivity contribution < 1.29 is 0 Å². The van der Waals surface area contributed by atoms with Gasteiger partial charge in [0.1, 0.15) is 5.82 Å². The van der Waals surface area contributed by atoms with Crippen molar-refractivity contribution >= 4 is 17.3 Å². The largest absolute Gasteiger partial charge is 0.376 e. The number of nitrogens with zero attached hydrogens (tertiary/aromatic N) is 2. The van der Waals surface area contributed by atoms with Crippen LogP contribution in [0.25, 0.3) is 0 Å². The highest BCUT2D eigenvalue weighted by Crippen LogP contribution is 2.25. The van der Waals surface area contributed by atoms with Crippen LogP contribution in [0.2, 0.25) is 5.02 Å². The average molecular weight is 234 g/mol. The Kier molecular flexibility index (Phi) is 3.37. The first-order valence-electron chi connectivity index (χ1n) is 5.02. The first-order chi connectivity index (χ1) is 7.77. The van der Waals surface area contributed by atoms with Gasteiger partial charge < -0.3 is 5.32 Å². The Morgan fingerprint density at radius 3 is 2.62 bits per heavy atom. The van der Waals surface area contributed by atoms with Crippen LogP contribution in [-0.4, -0.2) is 9.97 Å². The first kappa shape index (κ1) is 10.9. The molecule has 0 amide bonds. The van der Waals surface area contributed by atoms with Gasteiger partial charge in [0.2, 0.25) is 0 Å². The Hall–Kier alpha value is -1.61. The van der Waals surface area contributed by atoms with E-state index in [0.29, 0.717) is 6.54 Å². The maximum absolute atomic E-state index is 6.09. The normalized spacial score (nSPS) is 10.1. The molecular formula is C12H12ClN3. The van der Waals surface area contributed by atoms with E-state index in [1.807, 2.05) is 25.1 Å². The minimum atomic E-state index is 0.575. The lowest BCUT2D eigenvalue weighted by Crippen LogP contribution is -2.04. The molecule has 0 fully saturated rings. The van der Waals surface area contributed by atoms with E-state index in [2.05, 4.69) is 15.3 Å². The van der Waals surface area contributed by atoms with Crippen LogP contribution in [0, 0.1) is 6.92 Å². The topological polar surface area (TPSA) is 37.8 Å². The molecule has 0 spiro atoms. The van der Waals surface area contributed by atoms with E-state index in [-0.39, 0.29) is 0 Å². The molecule has 0 saturated carbocycles. The lowest BCUT2D eigenvalue weighted by Gasteiger charge is -2.10. The second-order valence-electron chi connectivity index (χ2n) is 3.45. The maximum Gasteiger partial charge on any atom is 0.147 e. The molecular weight excluding hydrogens is 222 g/mol. The van der Waals surface area contributed by atoms with Crippen molar-refractivity contribution in [2.45, 2.75) is 13.5 Å². The number of hydrogen-bond acceptors (Lipinski definition) is 3. The van der Waals surface area contributed by atoms with E-state index in [1.54, 1.807) is 18.5 Å². The molecule has 82 valence electrons. The van der Waals surface area contributed by atoms with Crippen molar-refractivity contribution in [3.8, 4) is 0 Å². The van der Waals surface area contributed by atoms with E-state index < -0.39 is 0 Å². The molecule has 4 heteroatoms. The summed E-state index contributed by atoms with van der Waals surface area (Å²) in [6.45, 7) is 2.59. The minimum Gasteiger partial charge on any atom is -0.376 e. The first-order valence-corrected chi connectivity index (χ1v) is 5.40. The smallest absolute Gasteiger partial charge is 0.147 e. The molecule has 2 rings (SSSR count). The molecule has 1 heterocycles. The molecule has 0 atom stereocenters. The van der Waals surface area contributed by atoms with Crippen LogP contribution >= 0.6 is 11.6 Å². The molecule has 0 aliphatic heterocycles. The van der Waals surface area contributed by atoms with Crippen LogP contribution in [0.4, 0.5) is 5.69 Å². The van der Waals surface area contributed by atoms with Crippen LogP contribution in [0.1, 0.15) is 11.4 Å². The summed E-state index contributed by atoms with van der Waals surface area (Å²) in [5, 5.41) is 3.96. The van der Waals surface area contributed by atoms with E-state index in [0.717, 1.165) is 22.1 Å². The van der Waals surface area contributed by atoms with Gasteiger partial charge in [0.05, 0.1) is 17.3 Å². The summed E-state index contributed by atoms with van der Waals surface area (Å²) in [4.78, 5) is 8.27. The third-order valence-electron chi connectivity index (χ3n) is 2.26. The highest BCUT2D eigenvalue weighted by atomic mass is 35.5. The number of para-hydroxylation sites is 1. The Labute approximate surface area is 99.5 Å². The molecule has 0 aliphatic rings. The quantitative estimate of drug-likeness (QED) is 0.886. The number of nitrogens with one attached hydrogen (secondary N) is 1. The highest BCUT2D eigenvalue weighted by molar-refractivity contribution is 6.33. The summed E-state index contributed by atoms with van der Waals surface area (Å²) < 4.78 is 0. The fraction of sp³-hybridized carbons (Fsp3) is 0.167. The van der Waals surface area contributed by atoms with E-state index in [1.165, 1.54) is 0 Å². The molecule has 16 heavy (non-hydrogen) atoms. The molecule has 0 radical (unpaired) electrons. The second-order valence-corrected chi connectivity index (χ2v) is 3.86. The number of rotatable bonds is 3. The number of aromatic nitrogens is 2.